The summed E-state index contributed by atoms with van der Waals surface area (Å²) in [5.41, 5.74) is 5.34. The van der Waals surface area contributed by atoms with Crippen LogP contribution >= 0.6 is 11.8 Å². The zero-order valence-corrected chi connectivity index (χ0v) is 19.3. The maximum atomic E-state index is 12.8. The molecular weight excluding hydrogens is 430 g/mol. The minimum absolute atomic E-state index is 0.0316. The highest BCUT2D eigenvalue weighted by molar-refractivity contribution is 8.18. The molecule has 5 rings (SSSR count). The summed E-state index contributed by atoms with van der Waals surface area (Å²) in [5, 5.41) is 0.686. The van der Waals surface area contributed by atoms with Crippen molar-refractivity contribution in [2.75, 3.05) is 38.3 Å². The van der Waals surface area contributed by atoms with Gasteiger partial charge in [0.2, 0.25) is 0 Å². The Hall–Kier alpha value is -3.35. The fourth-order valence-electron chi connectivity index (χ4n) is 3.88. The summed E-state index contributed by atoms with van der Waals surface area (Å²) in [7, 11) is 1.77. The molecule has 166 valence electrons. The molecule has 33 heavy (non-hydrogen) atoms. The molecule has 0 atom stereocenters. The van der Waals surface area contributed by atoms with Crippen LogP contribution in [0.2, 0.25) is 0 Å². The zero-order chi connectivity index (χ0) is 22.6. The second-order valence-electron chi connectivity index (χ2n) is 7.97. The maximum Gasteiger partial charge on any atom is 0.266 e. The van der Waals surface area contributed by atoms with E-state index in [-0.39, 0.29) is 5.91 Å². The molecule has 2 aliphatic rings. The number of hydrogen-bond acceptors (Lipinski definition) is 5. The van der Waals surface area contributed by atoms with E-state index in [4.69, 9.17) is 9.73 Å². The monoisotopic (exact) mass is 455 g/mol. The van der Waals surface area contributed by atoms with Crippen LogP contribution in [0.15, 0.2) is 88.8 Å². The second kappa shape index (κ2) is 9.65. The lowest BCUT2D eigenvalue weighted by atomic mass is 10.0. The second-order valence-corrected chi connectivity index (χ2v) is 8.98. The van der Waals surface area contributed by atoms with Gasteiger partial charge in [-0.05, 0) is 58.8 Å². The number of thioether (sulfide) groups is 1. The van der Waals surface area contributed by atoms with Crippen molar-refractivity contribution < 1.29 is 9.53 Å². The van der Waals surface area contributed by atoms with Gasteiger partial charge >= 0.3 is 0 Å². The Labute approximate surface area is 198 Å². The Balaban J connectivity index is 1.31. The number of carbonyl (C=O) groups is 1. The van der Waals surface area contributed by atoms with Crippen LogP contribution in [-0.2, 0) is 9.53 Å². The minimum atomic E-state index is -0.0316. The molecular formula is C27H25N3O2S. The Morgan fingerprint density at radius 3 is 2.24 bits per heavy atom. The summed E-state index contributed by atoms with van der Waals surface area (Å²) < 4.78 is 5.43. The van der Waals surface area contributed by atoms with Gasteiger partial charge in [-0.2, -0.15) is 0 Å². The van der Waals surface area contributed by atoms with Gasteiger partial charge in [0.15, 0.2) is 5.17 Å². The minimum Gasteiger partial charge on any atom is -0.378 e. The Morgan fingerprint density at radius 1 is 0.879 bits per heavy atom. The number of nitrogens with zero attached hydrogens (tertiary/aromatic N) is 3. The lowest BCUT2D eigenvalue weighted by Crippen LogP contribution is -2.36. The van der Waals surface area contributed by atoms with Gasteiger partial charge in [-0.3, -0.25) is 9.69 Å². The van der Waals surface area contributed by atoms with Crippen molar-refractivity contribution >= 4 is 40.3 Å². The number of likely N-dealkylation sites (N-methyl/N-ethyl adjacent to an activating group) is 1. The number of benzene rings is 3. The number of hydrogen-bond donors (Lipinski definition) is 0. The van der Waals surface area contributed by atoms with Gasteiger partial charge in [0.05, 0.1) is 23.8 Å². The molecule has 0 spiro atoms. The zero-order valence-electron chi connectivity index (χ0n) is 18.5. The van der Waals surface area contributed by atoms with E-state index in [2.05, 4.69) is 41.3 Å². The number of amidine groups is 1. The lowest BCUT2D eigenvalue weighted by Gasteiger charge is -2.28. The summed E-state index contributed by atoms with van der Waals surface area (Å²) in [6.45, 7) is 3.33. The van der Waals surface area contributed by atoms with Gasteiger partial charge in [0.1, 0.15) is 0 Å². The lowest BCUT2D eigenvalue weighted by molar-refractivity contribution is -0.121. The van der Waals surface area contributed by atoms with Crippen LogP contribution in [0.4, 0.5) is 11.4 Å². The molecule has 0 saturated carbocycles. The van der Waals surface area contributed by atoms with Gasteiger partial charge in [0.25, 0.3) is 5.91 Å². The molecule has 2 aliphatic heterocycles. The van der Waals surface area contributed by atoms with E-state index in [0.29, 0.717) is 10.1 Å². The van der Waals surface area contributed by atoms with E-state index in [0.717, 1.165) is 43.1 Å². The Bertz CT molecular complexity index is 1180. The molecule has 6 heteroatoms. The molecule has 3 aromatic rings. The van der Waals surface area contributed by atoms with E-state index >= 15 is 0 Å². The van der Waals surface area contributed by atoms with E-state index < -0.39 is 0 Å². The largest absolute Gasteiger partial charge is 0.378 e. The fraction of sp³-hybridized carbons (Fsp3) is 0.185. The number of morpholine rings is 1. The summed E-state index contributed by atoms with van der Waals surface area (Å²) in [6.07, 6.45) is 1.93. The first-order valence-electron chi connectivity index (χ1n) is 11.0. The molecule has 2 fully saturated rings. The van der Waals surface area contributed by atoms with Crippen molar-refractivity contribution in [2.24, 2.45) is 4.99 Å². The van der Waals surface area contributed by atoms with Crippen LogP contribution < -0.4 is 4.90 Å². The number of anilines is 1. The average molecular weight is 456 g/mol. The van der Waals surface area contributed by atoms with E-state index in [9.17, 15) is 4.79 Å². The number of ether oxygens (including phenoxy) is 1. The molecule has 0 unspecified atom stereocenters. The van der Waals surface area contributed by atoms with Crippen molar-refractivity contribution in [2.45, 2.75) is 0 Å². The van der Waals surface area contributed by atoms with Gasteiger partial charge in [0, 0.05) is 25.8 Å². The summed E-state index contributed by atoms with van der Waals surface area (Å²) in [6, 6.07) is 26.7. The first kappa shape index (κ1) is 21.5. The first-order valence-corrected chi connectivity index (χ1v) is 11.8. The average Bonchev–Trinajstić information content (AvgIpc) is 3.13. The molecule has 5 nitrogen and oxygen atoms in total. The molecule has 3 aromatic carbocycles. The van der Waals surface area contributed by atoms with Gasteiger partial charge in [-0.1, -0.05) is 54.6 Å². The third kappa shape index (κ3) is 4.87. The van der Waals surface area contributed by atoms with Crippen LogP contribution in [0.25, 0.3) is 17.2 Å². The van der Waals surface area contributed by atoms with E-state index in [1.165, 1.54) is 23.0 Å². The molecule has 0 radical (unpaired) electrons. The number of amides is 1. The van der Waals surface area contributed by atoms with Crippen LogP contribution in [0, 0.1) is 0 Å². The first-order chi connectivity index (χ1) is 16.2. The van der Waals surface area contributed by atoms with Crippen LogP contribution in [0.3, 0.4) is 0 Å². The van der Waals surface area contributed by atoms with Crippen molar-refractivity contribution in [1.82, 2.24) is 4.90 Å². The van der Waals surface area contributed by atoms with Crippen molar-refractivity contribution in [3.63, 3.8) is 0 Å². The predicted octanol–water partition coefficient (Wildman–Crippen LogP) is 5.42. The highest BCUT2D eigenvalue weighted by atomic mass is 32.2. The van der Waals surface area contributed by atoms with Crippen molar-refractivity contribution in [3.05, 3.63) is 89.3 Å². The fourth-order valence-corrected chi connectivity index (χ4v) is 4.86. The number of rotatable bonds is 4. The molecule has 0 N–H and O–H groups in total. The molecule has 0 bridgehead atoms. The Kier molecular flexibility index (Phi) is 6.28. The number of carbonyl (C=O) groups excluding carboxylic acids is 1. The predicted molar refractivity (Wildman–Crippen MR) is 137 cm³/mol. The summed E-state index contributed by atoms with van der Waals surface area (Å²) in [5.74, 6) is -0.0316. The van der Waals surface area contributed by atoms with Crippen LogP contribution in [0.1, 0.15) is 5.56 Å². The van der Waals surface area contributed by atoms with Crippen molar-refractivity contribution in [3.8, 4) is 11.1 Å². The van der Waals surface area contributed by atoms with Crippen LogP contribution in [0.5, 0.6) is 0 Å². The van der Waals surface area contributed by atoms with E-state index in [1.807, 2.05) is 48.5 Å². The summed E-state index contributed by atoms with van der Waals surface area (Å²) >= 11 is 1.41. The molecule has 1 amide bonds. The highest BCUT2D eigenvalue weighted by Gasteiger charge is 2.30. The third-order valence-corrected chi connectivity index (χ3v) is 6.83. The molecule has 0 aromatic heterocycles. The smallest absolute Gasteiger partial charge is 0.266 e. The maximum absolute atomic E-state index is 12.8. The summed E-state index contributed by atoms with van der Waals surface area (Å²) in [4.78, 5) is 22.1. The quantitative estimate of drug-likeness (QED) is 0.493. The standard InChI is InChI=1S/C27H25N3O2S/c1-29-26(31)25(19-20-7-9-22(10-8-20)21-5-3-2-4-6-21)33-27(29)28-23-11-13-24(14-12-23)30-15-17-32-18-16-30/h2-14,19H,15-18H2,1H3/b25-19-,28-27?. The van der Waals surface area contributed by atoms with Gasteiger partial charge in [-0.15, -0.1) is 0 Å². The molecule has 2 saturated heterocycles. The molecule has 2 heterocycles. The number of aliphatic imine (C=N–C) groups is 1. The third-order valence-electron chi connectivity index (χ3n) is 5.77. The van der Waals surface area contributed by atoms with Crippen molar-refractivity contribution in [1.29, 1.82) is 0 Å². The SMILES string of the molecule is CN1C(=O)/C(=C/c2ccc(-c3ccccc3)cc2)SC1=Nc1ccc(N2CCOCC2)cc1. The van der Waals surface area contributed by atoms with Gasteiger partial charge in [-0.25, -0.2) is 4.99 Å². The van der Waals surface area contributed by atoms with Gasteiger partial charge < -0.3 is 9.64 Å². The topological polar surface area (TPSA) is 45.1 Å². The van der Waals surface area contributed by atoms with Crippen LogP contribution in [-0.4, -0.2) is 49.3 Å². The normalized spacial score (nSPS) is 19.0. The van der Waals surface area contributed by atoms with E-state index in [1.54, 1.807) is 11.9 Å². The highest BCUT2D eigenvalue weighted by Crippen LogP contribution is 2.34. The Morgan fingerprint density at radius 2 is 1.55 bits per heavy atom. The molecule has 0 aliphatic carbocycles.